The number of anilines is 2. The van der Waals surface area contributed by atoms with E-state index in [0.29, 0.717) is 34.7 Å². The number of methoxy groups -OCH3 is 2. The molecule has 1 N–H and O–H groups in total. The molecule has 3 aromatic rings. The number of halogens is 1. The standard InChI is InChI=1S/C21H21ClN2O3/c1-4-27-21-18(25-2)10-15(11-19(21)26-3)14-8-9-23-20(12-14)24-17-7-5-6-16(22)13-17/h5-13H,4H2,1-3H3,(H,23,24). The van der Waals surface area contributed by atoms with Crippen LogP contribution >= 0.6 is 11.6 Å². The summed E-state index contributed by atoms with van der Waals surface area (Å²) in [6, 6.07) is 15.2. The number of rotatable bonds is 7. The number of nitrogens with one attached hydrogen (secondary N) is 1. The summed E-state index contributed by atoms with van der Waals surface area (Å²) in [6.07, 6.45) is 1.75. The number of hydrogen-bond acceptors (Lipinski definition) is 5. The summed E-state index contributed by atoms with van der Waals surface area (Å²) in [7, 11) is 3.22. The number of aromatic nitrogens is 1. The highest BCUT2D eigenvalue weighted by Gasteiger charge is 2.15. The fourth-order valence-corrected chi connectivity index (χ4v) is 2.92. The van der Waals surface area contributed by atoms with Gasteiger partial charge in [-0.25, -0.2) is 4.98 Å². The van der Waals surface area contributed by atoms with Crippen LogP contribution in [0.25, 0.3) is 11.1 Å². The van der Waals surface area contributed by atoms with Crippen molar-refractivity contribution >= 4 is 23.1 Å². The van der Waals surface area contributed by atoms with Crippen molar-refractivity contribution in [1.29, 1.82) is 0 Å². The quantitative estimate of drug-likeness (QED) is 0.577. The summed E-state index contributed by atoms with van der Waals surface area (Å²) < 4.78 is 16.6. The van der Waals surface area contributed by atoms with Gasteiger partial charge in [-0.05, 0) is 60.5 Å². The summed E-state index contributed by atoms with van der Waals surface area (Å²) in [5, 5.41) is 3.93. The average molecular weight is 385 g/mol. The van der Waals surface area contributed by atoms with Gasteiger partial charge in [-0.15, -0.1) is 0 Å². The first-order chi connectivity index (χ1) is 13.1. The van der Waals surface area contributed by atoms with Crippen LogP contribution in [-0.4, -0.2) is 25.8 Å². The molecule has 0 spiro atoms. The van der Waals surface area contributed by atoms with Crippen LogP contribution in [0.5, 0.6) is 17.2 Å². The van der Waals surface area contributed by atoms with Gasteiger partial charge in [0.1, 0.15) is 5.82 Å². The maximum atomic E-state index is 6.05. The van der Waals surface area contributed by atoms with Gasteiger partial charge < -0.3 is 19.5 Å². The minimum atomic E-state index is 0.523. The summed E-state index contributed by atoms with van der Waals surface area (Å²) in [5.41, 5.74) is 2.77. The van der Waals surface area contributed by atoms with E-state index < -0.39 is 0 Å². The molecule has 2 aromatic carbocycles. The van der Waals surface area contributed by atoms with E-state index in [1.807, 2.05) is 55.5 Å². The second-order valence-electron chi connectivity index (χ2n) is 5.71. The van der Waals surface area contributed by atoms with Crippen molar-refractivity contribution in [2.45, 2.75) is 6.92 Å². The van der Waals surface area contributed by atoms with E-state index in [2.05, 4.69) is 10.3 Å². The van der Waals surface area contributed by atoms with Gasteiger partial charge in [-0.2, -0.15) is 0 Å². The molecule has 1 heterocycles. The SMILES string of the molecule is CCOc1c(OC)cc(-c2ccnc(Nc3cccc(Cl)c3)c2)cc1OC. The molecule has 0 aliphatic heterocycles. The first-order valence-electron chi connectivity index (χ1n) is 8.52. The zero-order chi connectivity index (χ0) is 19.2. The molecular weight excluding hydrogens is 364 g/mol. The van der Waals surface area contributed by atoms with Crippen LogP contribution in [0.4, 0.5) is 11.5 Å². The largest absolute Gasteiger partial charge is 0.493 e. The molecular formula is C21H21ClN2O3. The molecule has 3 rings (SSSR count). The Labute approximate surface area is 163 Å². The normalized spacial score (nSPS) is 10.4. The number of nitrogens with zero attached hydrogens (tertiary/aromatic N) is 1. The van der Waals surface area contributed by atoms with Gasteiger partial charge in [0.05, 0.1) is 20.8 Å². The second-order valence-corrected chi connectivity index (χ2v) is 6.14. The van der Waals surface area contributed by atoms with Crippen LogP contribution in [0.15, 0.2) is 54.7 Å². The summed E-state index contributed by atoms with van der Waals surface area (Å²) in [5.74, 6) is 2.54. The van der Waals surface area contributed by atoms with E-state index in [4.69, 9.17) is 25.8 Å². The highest BCUT2D eigenvalue weighted by atomic mass is 35.5. The minimum absolute atomic E-state index is 0.523. The predicted octanol–water partition coefficient (Wildman–Crippen LogP) is 5.56. The third kappa shape index (κ3) is 4.44. The molecule has 0 aliphatic rings. The highest BCUT2D eigenvalue weighted by Crippen LogP contribution is 2.41. The number of benzene rings is 2. The zero-order valence-electron chi connectivity index (χ0n) is 15.5. The zero-order valence-corrected chi connectivity index (χ0v) is 16.2. The van der Waals surface area contributed by atoms with Gasteiger partial charge in [0, 0.05) is 16.9 Å². The van der Waals surface area contributed by atoms with Gasteiger partial charge in [-0.1, -0.05) is 17.7 Å². The highest BCUT2D eigenvalue weighted by molar-refractivity contribution is 6.30. The van der Waals surface area contributed by atoms with Gasteiger partial charge in [-0.3, -0.25) is 0 Å². The second kappa shape index (κ2) is 8.64. The Morgan fingerprint density at radius 3 is 2.33 bits per heavy atom. The van der Waals surface area contributed by atoms with Crippen LogP contribution in [0.1, 0.15) is 6.92 Å². The van der Waals surface area contributed by atoms with E-state index in [9.17, 15) is 0 Å². The molecule has 0 saturated heterocycles. The summed E-state index contributed by atoms with van der Waals surface area (Å²) >= 11 is 6.05. The van der Waals surface area contributed by atoms with Crippen LogP contribution < -0.4 is 19.5 Å². The maximum absolute atomic E-state index is 6.05. The average Bonchev–Trinajstić information content (AvgIpc) is 2.68. The third-order valence-corrected chi connectivity index (χ3v) is 4.17. The Hall–Kier alpha value is -2.92. The predicted molar refractivity (Wildman–Crippen MR) is 109 cm³/mol. The molecule has 6 heteroatoms. The van der Waals surface area contributed by atoms with Crippen LogP contribution in [0, 0.1) is 0 Å². The lowest BCUT2D eigenvalue weighted by Crippen LogP contribution is -1.99. The molecule has 27 heavy (non-hydrogen) atoms. The summed E-state index contributed by atoms with van der Waals surface area (Å²) in [4.78, 5) is 4.38. The molecule has 0 amide bonds. The Morgan fingerprint density at radius 1 is 0.963 bits per heavy atom. The minimum Gasteiger partial charge on any atom is -0.493 e. The van der Waals surface area contributed by atoms with E-state index >= 15 is 0 Å². The lowest BCUT2D eigenvalue weighted by Gasteiger charge is -2.16. The van der Waals surface area contributed by atoms with Crippen molar-refractivity contribution in [1.82, 2.24) is 4.98 Å². The van der Waals surface area contributed by atoms with Crippen LogP contribution in [0.2, 0.25) is 5.02 Å². The molecule has 0 bridgehead atoms. The van der Waals surface area contributed by atoms with Gasteiger partial charge in [0.25, 0.3) is 0 Å². The Bertz CT molecular complexity index is 906. The van der Waals surface area contributed by atoms with Gasteiger partial charge in [0.2, 0.25) is 5.75 Å². The van der Waals surface area contributed by atoms with Gasteiger partial charge in [0.15, 0.2) is 11.5 Å². The monoisotopic (exact) mass is 384 g/mol. The molecule has 0 fully saturated rings. The van der Waals surface area contributed by atoms with Crippen molar-refractivity contribution in [3.63, 3.8) is 0 Å². The maximum Gasteiger partial charge on any atom is 0.203 e. The van der Waals surface area contributed by atoms with E-state index in [1.54, 1.807) is 20.4 Å². The van der Waals surface area contributed by atoms with Gasteiger partial charge >= 0.3 is 0 Å². The topological polar surface area (TPSA) is 52.6 Å². The number of pyridine rings is 1. The fraction of sp³-hybridized carbons (Fsp3) is 0.190. The molecule has 1 aromatic heterocycles. The fourth-order valence-electron chi connectivity index (χ4n) is 2.73. The lowest BCUT2D eigenvalue weighted by atomic mass is 10.1. The molecule has 0 atom stereocenters. The first-order valence-corrected chi connectivity index (χ1v) is 8.90. The Balaban J connectivity index is 1.96. The molecule has 140 valence electrons. The lowest BCUT2D eigenvalue weighted by molar-refractivity contribution is 0.288. The molecule has 5 nitrogen and oxygen atoms in total. The van der Waals surface area contributed by atoms with E-state index in [1.165, 1.54) is 0 Å². The molecule has 0 aliphatic carbocycles. The van der Waals surface area contributed by atoms with Crippen molar-refractivity contribution in [3.05, 3.63) is 59.8 Å². The van der Waals surface area contributed by atoms with Crippen molar-refractivity contribution in [2.75, 3.05) is 26.1 Å². The molecule has 0 saturated carbocycles. The molecule has 0 unspecified atom stereocenters. The van der Waals surface area contributed by atoms with E-state index in [0.717, 1.165) is 16.8 Å². The third-order valence-electron chi connectivity index (χ3n) is 3.94. The Morgan fingerprint density at radius 2 is 1.70 bits per heavy atom. The molecule has 0 radical (unpaired) electrons. The first kappa shape index (κ1) is 18.9. The smallest absolute Gasteiger partial charge is 0.203 e. The summed E-state index contributed by atoms with van der Waals surface area (Å²) in [6.45, 7) is 2.44. The number of ether oxygens (including phenoxy) is 3. The van der Waals surface area contributed by atoms with Crippen molar-refractivity contribution in [3.8, 4) is 28.4 Å². The van der Waals surface area contributed by atoms with Crippen LogP contribution in [0.3, 0.4) is 0 Å². The van der Waals surface area contributed by atoms with Crippen LogP contribution in [-0.2, 0) is 0 Å². The van der Waals surface area contributed by atoms with Crippen molar-refractivity contribution < 1.29 is 14.2 Å². The van der Waals surface area contributed by atoms with E-state index in [-0.39, 0.29) is 0 Å². The van der Waals surface area contributed by atoms with Crippen molar-refractivity contribution in [2.24, 2.45) is 0 Å². The Kier molecular flexibility index (Phi) is 6.04. The number of hydrogen-bond donors (Lipinski definition) is 1.